The van der Waals surface area contributed by atoms with Crippen molar-refractivity contribution < 1.29 is 13.3 Å². The highest BCUT2D eigenvalue weighted by Gasteiger charge is 2.14. The number of benzene rings is 1. The molecule has 2 aromatic heterocycles. The summed E-state index contributed by atoms with van der Waals surface area (Å²) < 4.78 is 32.9. The molecule has 3 rings (SSSR count). The molecule has 28 heavy (non-hydrogen) atoms. The maximum atomic E-state index is 13.9. The van der Waals surface area contributed by atoms with Crippen LogP contribution in [0, 0.1) is 11.6 Å². The van der Waals surface area contributed by atoms with E-state index in [1.807, 2.05) is 13.8 Å². The molecule has 1 N–H and O–H groups in total. The largest absolute Gasteiger partial charge is 0.382 e. The SMILES string of the molecule is CC(C)c1noc(CCCNc2cnn(-c3ccc(F)cc3F)c(=O)c2Cl)n1. The molecule has 0 aliphatic carbocycles. The van der Waals surface area contributed by atoms with Crippen LogP contribution in [0.2, 0.25) is 5.02 Å². The van der Waals surface area contributed by atoms with Crippen molar-refractivity contribution in [3.63, 3.8) is 0 Å². The monoisotopic (exact) mass is 409 g/mol. The van der Waals surface area contributed by atoms with Gasteiger partial charge in [-0.25, -0.2) is 8.78 Å². The molecule has 0 unspecified atom stereocenters. The zero-order chi connectivity index (χ0) is 20.3. The lowest BCUT2D eigenvalue weighted by molar-refractivity contribution is 0.369. The third kappa shape index (κ3) is 4.36. The molecule has 7 nitrogen and oxygen atoms in total. The van der Waals surface area contributed by atoms with E-state index in [1.165, 1.54) is 6.20 Å². The molecule has 0 saturated carbocycles. The van der Waals surface area contributed by atoms with Crippen LogP contribution in [0.4, 0.5) is 14.5 Å². The van der Waals surface area contributed by atoms with Crippen LogP contribution in [-0.2, 0) is 6.42 Å². The van der Waals surface area contributed by atoms with Gasteiger partial charge in [0.2, 0.25) is 5.89 Å². The number of hydrogen-bond acceptors (Lipinski definition) is 6. The summed E-state index contributed by atoms with van der Waals surface area (Å²) in [6, 6.07) is 2.83. The second-order valence-electron chi connectivity index (χ2n) is 6.42. The lowest BCUT2D eigenvalue weighted by Gasteiger charge is -2.10. The van der Waals surface area contributed by atoms with E-state index >= 15 is 0 Å². The van der Waals surface area contributed by atoms with Crippen LogP contribution in [0.3, 0.4) is 0 Å². The van der Waals surface area contributed by atoms with Crippen molar-refractivity contribution in [2.24, 2.45) is 0 Å². The van der Waals surface area contributed by atoms with Gasteiger partial charge in [-0.05, 0) is 18.6 Å². The Hall–Kier alpha value is -2.81. The van der Waals surface area contributed by atoms with E-state index in [4.69, 9.17) is 16.1 Å². The van der Waals surface area contributed by atoms with Crippen molar-refractivity contribution in [1.29, 1.82) is 0 Å². The molecule has 0 bridgehead atoms. The first kappa shape index (κ1) is 19.9. The predicted octanol–water partition coefficient (Wildman–Crippen LogP) is 3.72. The summed E-state index contributed by atoms with van der Waals surface area (Å²) in [4.78, 5) is 16.7. The van der Waals surface area contributed by atoms with Crippen molar-refractivity contribution in [2.75, 3.05) is 11.9 Å². The van der Waals surface area contributed by atoms with Crippen molar-refractivity contribution in [3.8, 4) is 5.69 Å². The summed E-state index contributed by atoms with van der Waals surface area (Å²) in [6.07, 6.45) is 2.54. The number of anilines is 1. The quantitative estimate of drug-likeness (QED) is 0.598. The van der Waals surface area contributed by atoms with Gasteiger partial charge in [-0.3, -0.25) is 4.79 Å². The maximum Gasteiger partial charge on any atom is 0.292 e. The predicted molar refractivity (Wildman–Crippen MR) is 100.0 cm³/mol. The molecule has 0 saturated heterocycles. The number of nitrogens with one attached hydrogen (secondary N) is 1. The number of halogens is 3. The number of nitrogens with zero attached hydrogens (tertiary/aromatic N) is 4. The molecule has 0 aliphatic rings. The van der Waals surface area contributed by atoms with Gasteiger partial charge >= 0.3 is 0 Å². The van der Waals surface area contributed by atoms with Gasteiger partial charge in [-0.1, -0.05) is 30.6 Å². The van der Waals surface area contributed by atoms with E-state index in [0.29, 0.717) is 42.9 Å². The number of rotatable bonds is 7. The second-order valence-corrected chi connectivity index (χ2v) is 6.79. The van der Waals surface area contributed by atoms with Gasteiger partial charge in [0.05, 0.1) is 11.9 Å². The topological polar surface area (TPSA) is 85.8 Å². The second kappa shape index (κ2) is 8.47. The van der Waals surface area contributed by atoms with Crippen LogP contribution >= 0.6 is 11.6 Å². The minimum Gasteiger partial charge on any atom is -0.382 e. The lowest BCUT2D eigenvalue weighted by Crippen LogP contribution is -2.23. The molecule has 148 valence electrons. The third-order valence-corrected chi connectivity index (χ3v) is 4.31. The molecule has 2 heterocycles. The van der Waals surface area contributed by atoms with Gasteiger partial charge < -0.3 is 9.84 Å². The van der Waals surface area contributed by atoms with Crippen LogP contribution in [0.25, 0.3) is 5.69 Å². The Morgan fingerprint density at radius 1 is 1.32 bits per heavy atom. The number of hydrogen-bond donors (Lipinski definition) is 1. The van der Waals surface area contributed by atoms with Gasteiger partial charge in [0.15, 0.2) is 11.6 Å². The summed E-state index contributed by atoms with van der Waals surface area (Å²) in [5, 5.41) is 10.7. The smallest absolute Gasteiger partial charge is 0.292 e. The number of aryl methyl sites for hydroxylation is 1. The maximum absolute atomic E-state index is 13.9. The minimum absolute atomic E-state index is 0.140. The highest BCUT2D eigenvalue weighted by molar-refractivity contribution is 6.32. The van der Waals surface area contributed by atoms with Crippen molar-refractivity contribution >= 4 is 17.3 Å². The molecule has 1 aromatic carbocycles. The first-order valence-electron chi connectivity index (χ1n) is 8.66. The summed E-state index contributed by atoms with van der Waals surface area (Å²) in [5.74, 6) is -0.270. The van der Waals surface area contributed by atoms with E-state index < -0.39 is 17.2 Å². The molecule has 0 fully saturated rings. The molecule has 0 spiro atoms. The van der Waals surface area contributed by atoms with E-state index in [2.05, 4.69) is 20.6 Å². The standard InChI is InChI=1S/C18H18ClF2N5O2/c1-10(2)17-24-15(28-25-17)4-3-7-22-13-9-23-26(18(27)16(13)19)14-6-5-11(20)8-12(14)21/h5-6,8-10,22H,3-4,7H2,1-2H3. The van der Waals surface area contributed by atoms with Gasteiger partial charge in [-0.2, -0.15) is 14.8 Å². The first-order chi connectivity index (χ1) is 13.4. The highest BCUT2D eigenvalue weighted by Crippen LogP contribution is 2.18. The first-order valence-corrected chi connectivity index (χ1v) is 9.04. The summed E-state index contributed by atoms with van der Waals surface area (Å²) >= 11 is 6.09. The zero-order valence-corrected chi connectivity index (χ0v) is 16.0. The van der Waals surface area contributed by atoms with Crippen LogP contribution in [0.15, 0.2) is 33.7 Å². The van der Waals surface area contributed by atoms with Gasteiger partial charge in [-0.15, -0.1) is 0 Å². The van der Waals surface area contributed by atoms with Gasteiger partial charge in [0.1, 0.15) is 16.5 Å². The highest BCUT2D eigenvalue weighted by atomic mass is 35.5. The Morgan fingerprint density at radius 3 is 2.79 bits per heavy atom. The van der Waals surface area contributed by atoms with Crippen molar-refractivity contribution in [3.05, 3.63) is 63.1 Å². The minimum atomic E-state index is -0.910. The average molecular weight is 410 g/mol. The lowest BCUT2D eigenvalue weighted by atomic mass is 10.2. The molecule has 0 aliphatic heterocycles. The fourth-order valence-electron chi connectivity index (χ4n) is 2.45. The Kier molecular flexibility index (Phi) is 6.03. The molecule has 10 heteroatoms. The van der Waals surface area contributed by atoms with E-state index in [-0.39, 0.29) is 16.6 Å². The van der Waals surface area contributed by atoms with Crippen LogP contribution < -0.4 is 10.9 Å². The Bertz CT molecular complexity index is 1040. The van der Waals surface area contributed by atoms with Crippen molar-refractivity contribution in [2.45, 2.75) is 32.6 Å². The van der Waals surface area contributed by atoms with Gasteiger partial charge in [0, 0.05) is 24.9 Å². The molecule has 0 atom stereocenters. The Labute approximate surface area is 164 Å². The summed E-state index contributed by atoms with van der Waals surface area (Å²) in [5.41, 5.74) is -0.577. The third-order valence-electron chi connectivity index (χ3n) is 3.94. The normalized spacial score (nSPS) is 11.2. The molecular formula is C18H18ClF2N5O2. The van der Waals surface area contributed by atoms with E-state index in [1.54, 1.807) is 0 Å². The summed E-state index contributed by atoms with van der Waals surface area (Å²) in [7, 11) is 0. The van der Waals surface area contributed by atoms with Crippen LogP contribution in [0.5, 0.6) is 0 Å². The van der Waals surface area contributed by atoms with E-state index in [0.717, 1.165) is 16.8 Å². The van der Waals surface area contributed by atoms with Crippen molar-refractivity contribution in [1.82, 2.24) is 19.9 Å². The molecule has 3 aromatic rings. The van der Waals surface area contributed by atoms with E-state index in [9.17, 15) is 13.6 Å². The molecular weight excluding hydrogens is 392 g/mol. The Balaban J connectivity index is 1.65. The van der Waals surface area contributed by atoms with Crippen LogP contribution in [0.1, 0.15) is 37.9 Å². The van der Waals surface area contributed by atoms with Gasteiger partial charge in [0.25, 0.3) is 5.56 Å². The molecule has 0 radical (unpaired) electrons. The average Bonchev–Trinajstić information content (AvgIpc) is 3.12. The fourth-order valence-corrected chi connectivity index (χ4v) is 2.64. The molecule has 0 amide bonds. The number of aromatic nitrogens is 4. The fraction of sp³-hybridized carbons (Fsp3) is 0.333. The zero-order valence-electron chi connectivity index (χ0n) is 15.2. The summed E-state index contributed by atoms with van der Waals surface area (Å²) in [6.45, 7) is 4.44. The Morgan fingerprint density at radius 2 is 2.11 bits per heavy atom. The van der Waals surface area contributed by atoms with Crippen LogP contribution in [-0.4, -0.2) is 26.5 Å².